The van der Waals surface area contributed by atoms with E-state index in [2.05, 4.69) is 33.5 Å². The van der Waals surface area contributed by atoms with E-state index in [1.807, 2.05) is 12.1 Å². The molecule has 0 aromatic heterocycles. The Morgan fingerprint density at radius 1 is 1.43 bits per heavy atom. The Bertz CT molecular complexity index is 577. The third-order valence-electron chi connectivity index (χ3n) is 4.40. The minimum absolute atomic E-state index is 0.115. The summed E-state index contributed by atoms with van der Waals surface area (Å²) >= 11 is 3.47. The minimum Gasteiger partial charge on any atom is -0.271 e. The largest absolute Gasteiger partial charge is 0.271 e. The van der Waals surface area contributed by atoms with E-state index in [4.69, 9.17) is 5.84 Å². The van der Waals surface area contributed by atoms with E-state index in [1.165, 1.54) is 11.8 Å². The fraction of sp³-hybridized carbons (Fsp3) is 0.600. The summed E-state index contributed by atoms with van der Waals surface area (Å²) in [7, 11) is -2.96. The number of nitrogens with one attached hydrogen (secondary N) is 1. The second kappa shape index (κ2) is 7.22. The topological polar surface area (TPSA) is 72.2 Å². The molecule has 0 saturated heterocycles. The van der Waals surface area contributed by atoms with E-state index in [0.29, 0.717) is 12.3 Å². The number of hydrazine groups is 1. The van der Waals surface area contributed by atoms with Crippen molar-refractivity contribution in [1.82, 2.24) is 5.43 Å². The average molecular weight is 375 g/mol. The van der Waals surface area contributed by atoms with Gasteiger partial charge in [0.25, 0.3) is 0 Å². The van der Waals surface area contributed by atoms with Crippen LogP contribution in [-0.2, 0) is 16.3 Å². The molecule has 0 aliphatic heterocycles. The molecular formula is C15H23BrN2O2S. The first-order valence-corrected chi connectivity index (χ1v) is 10.0. The molecule has 0 radical (unpaired) electrons. The van der Waals surface area contributed by atoms with Crippen molar-refractivity contribution < 1.29 is 8.42 Å². The Balaban J connectivity index is 2.06. The summed E-state index contributed by atoms with van der Waals surface area (Å²) in [5.41, 5.74) is 4.10. The van der Waals surface area contributed by atoms with Crippen LogP contribution in [0.15, 0.2) is 28.7 Å². The van der Waals surface area contributed by atoms with E-state index in [1.54, 1.807) is 0 Å². The van der Waals surface area contributed by atoms with Crippen LogP contribution in [0, 0.1) is 5.92 Å². The highest BCUT2D eigenvalue weighted by atomic mass is 79.9. The Labute approximate surface area is 135 Å². The second-order valence-electron chi connectivity index (χ2n) is 5.99. The lowest BCUT2D eigenvalue weighted by molar-refractivity contribution is 0.270. The average Bonchev–Trinajstić information content (AvgIpc) is 2.44. The number of halogens is 1. The lowest BCUT2D eigenvalue weighted by atomic mass is 9.81. The molecular weight excluding hydrogens is 352 g/mol. The first kappa shape index (κ1) is 16.9. The van der Waals surface area contributed by atoms with Gasteiger partial charge < -0.3 is 0 Å². The van der Waals surface area contributed by atoms with Crippen LogP contribution in [0.4, 0.5) is 0 Å². The van der Waals surface area contributed by atoms with E-state index >= 15 is 0 Å². The van der Waals surface area contributed by atoms with E-state index < -0.39 is 9.84 Å². The minimum atomic E-state index is -2.96. The van der Waals surface area contributed by atoms with Gasteiger partial charge in [-0.15, -0.1) is 0 Å². The Kier molecular flexibility index (Phi) is 5.82. The van der Waals surface area contributed by atoms with Crippen LogP contribution in [-0.4, -0.2) is 26.0 Å². The Morgan fingerprint density at radius 3 is 2.81 bits per heavy atom. The van der Waals surface area contributed by atoms with Gasteiger partial charge in [-0.25, -0.2) is 8.42 Å². The van der Waals surface area contributed by atoms with E-state index in [0.717, 1.165) is 30.2 Å². The maximum atomic E-state index is 11.8. The maximum absolute atomic E-state index is 11.8. The van der Waals surface area contributed by atoms with Gasteiger partial charge in [-0.2, -0.15) is 0 Å². The SMILES string of the molecule is CS(=O)(=O)C1CCCC(C(Cc2cccc(Br)c2)NN)C1. The van der Waals surface area contributed by atoms with Crippen molar-refractivity contribution in [3.8, 4) is 0 Å². The summed E-state index contributed by atoms with van der Waals surface area (Å²) in [6, 6.07) is 8.28. The van der Waals surface area contributed by atoms with Crippen LogP contribution in [0.2, 0.25) is 0 Å². The van der Waals surface area contributed by atoms with Gasteiger partial charge in [-0.1, -0.05) is 34.5 Å². The monoisotopic (exact) mass is 374 g/mol. The van der Waals surface area contributed by atoms with Crippen molar-refractivity contribution >= 4 is 25.8 Å². The summed E-state index contributed by atoms with van der Waals surface area (Å²) in [5, 5.41) is -0.213. The molecule has 1 aromatic carbocycles. The molecule has 2 rings (SSSR count). The quantitative estimate of drug-likeness (QED) is 0.613. The van der Waals surface area contributed by atoms with Crippen LogP contribution in [0.25, 0.3) is 0 Å². The lowest BCUT2D eigenvalue weighted by Gasteiger charge is -2.33. The third-order valence-corrected chi connectivity index (χ3v) is 6.53. The predicted octanol–water partition coefficient (Wildman–Crippen LogP) is 2.43. The molecule has 1 aromatic rings. The fourth-order valence-electron chi connectivity index (χ4n) is 3.21. The molecule has 0 amide bonds. The molecule has 3 atom stereocenters. The van der Waals surface area contributed by atoms with Crippen LogP contribution >= 0.6 is 15.9 Å². The molecule has 0 heterocycles. The van der Waals surface area contributed by atoms with Crippen LogP contribution in [0.3, 0.4) is 0 Å². The van der Waals surface area contributed by atoms with Gasteiger partial charge >= 0.3 is 0 Å². The van der Waals surface area contributed by atoms with Crippen molar-refractivity contribution in [2.24, 2.45) is 11.8 Å². The Morgan fingerprint density at radius 2 is 2.19 bits per heavy atom. The van der Waals surface area contributed by atoms with Gasteiger partial charge in [0.05, 0.1) is 5.25 Å². The van der Waals surface area contributed by atoms with Crippen LogP contribution < -0.4 is 11.3 Å². The molecule has 1 fully saturated rings. The molecule has 1 saturated carbocycles. The van der Waals surface area contributed by atoms with Crippen LogP contribution in [0.1, 0.15) is 31.2 Å². The van der Waals surface area contributed by atoms with Crippen molar-refractivity contribution in [3.63, 3.8) is 0 Å². The highest BCUT2D eigenvalue weighted by Crippen LogP contribution is 2.31. The molecule has 6 heteroatoms. The predicted molar refractivity (Wildman–Crippen MR) is 89.5 cm³/mol. The highest BCUT2D eigenvalue weighted by Gasteiger charge is 2.32. The summed E-state index contributed by atoms with van der Waals surface area (Å²) in [5.74, 6) is 6.04. The van der Waals surface area contributed by atoms with Crippen molar-refractivity contribution in [2.45, 2.75) is 43.4 Å². The number of hydrogen-bond donors (Lipinski definition) is 2. The number of rotatable bonds is 5. The fourth-order valence-corrected chi connectivity index (χ4v) is 4.85. The first-order valence-electron chi connectivity index (χ1n) is 7.29. The van der Waals surface area contributed by atoms with Gasteiger partial charge in [0, 0.05) is 16.8 Å². The molecule has 4 nitrogen and oxygen atoms in total. The molecule has 118 valence electrons. The summed E-state index contributed by atoms with van der Waals surface area (Å²) in [4.78, 5) is 0. The summed E-state index contributed by atoms with van der Waals surface area (Å²) in [6.45, 7) is 0. The molecule has 3 unspecified atom stereocenters. The van der Waals surface area contributed by atoms with Gasteiger partial charge in [-0.05, 0) is 49.3 Å². The van der Waals surface area contributed by atoms with Crippen molar-refractivity contribution in [2.75, 3.05) is 6.26 Å². The first-order chi connectivity index (χ1) is 9.90. The molecule has 21 heavy (non-hydrogen) atoms. The van der Waals surface area contributed by atoms with Crippen molar-refractivity contribution in [3.05, 3.63) is 34.3 Å². The highest BCUT2D eigenvalue weighted by molar-refractivity contribution is 9.10. The van der Waals surface area contributed by atoms with Gasteiger partial charge in [0.2, 0.25) is 0 Å². The van der Waals surface area contributed by atoms with E-state index in [-0.39, 0.29) is 11.3 Å². The normalized spacial score (nSPS) is 24.7. The number of sulfone groups is 1. The summed E-state index contributed by atoms with van der Waals surface area (Å²) < 4.78 is 24.6. The standard InChI is InChI=1S/C15H23BrN2O2S/c1-21(19,20)14-7-3-5-12(10-14)15(18-17)9-11-4-2-6-13(16)8-11/h2,4,6,8,12,14-15,18H,3,5,7,9-10,17H2,1H3. The lowest BCUT2D eigenvalue weighted by Crippen LogP contribution is -2.45. The molecule has 0 spiro atoms. The number of hydrogen-bond acceptors (Lipinski definition) is 4. The molecule has 0 bridgehead atoms. The number of nitrogens with two attached hydrogens (primary N) is 1. The van der Waals surface area contributed by atoms with Gasteiger partial charge in [0.15, 0.2) is 0 Å². The van der Waals surface area contributed by atoms with Gasteiger partial charge in [0.1, 0.15) is 9.84 Å². The molecule has 1 aliphatic carbocycles. The zero-order valence-corrected chi connectivity index (χ0v) is 14.7. The van der Waals surface area contributed by atoms with Crippen LogP contribution in [0.5, 0.6) is 0 Å². The molecule has 3 N–H and O–H groups in total. The molecule has 1 aliphatic rings. The Hall–Kier alpha value is -0.430. The van der Waals surface area contributed by atoms with Gasteiger partial charge in [-0.3, -0.25) is 11.3 Å². The third kappa shape index (κ3) is 4.77. The smallest absolute Gasteiger partial charge is 0.150 e. The summed E-state index contributed by atoms with van der Waals surface area (Å²) in [6.07, 6.45) is 5.65. The maximum Gasteiger partial charge on any atom is 0.150 e. The second-order valence-corrected chi connectivity index (χ2v) is 9.23. The number of benzene rings is 1. The van der Waals surface area contributed by atoms with Crippen molar-refractivity contribution in [1.29, 1.82) is 0 Å². The van der Waals surface area contributed by atoms with E-state index in [9.17, 15) is 8.42 Å². The zero-order chi connectivity index (χ0) is 15.5. The zero-order valence-electron chi connectivity index (χ0n) is 12.3.